The Hall–Kier alpha value is -2.38. The van der Waals surface area contributed by atoms with Crippen LogP contribution in [0.15, 0.2) is 52.9 Å². The number of nitrogens with zero attached hydrogens (tertiary/aromatic N) is 3. The van der Waals surface area contributed by atoms with Crippen molar-refractivity contribution in [3.05, 3.63) is 59.7 Å². The first-order valence-electron chi connectivity index (χ1n) is 8.80. The van der Waals surface area contributed by atoms with Crippen LogP contribution in [0.2, 0.25) is 0 Å². The van der Waals surface area contributed by atoms with Crippen LogP contribution in [0.25, 0.3) is 0 Å². The number of anilines is 3. The first-order valence-corrected chi connectivity index (χ1v) is 10.6. The van der Waals surface area contributed by atoms with Crippen molar-refractivity contribution in [1.29, 1.82) is 0 Å². The van der Waals surface area contributed by atoms with E-state index in [-0.39, 0.29) is 11.9 Å². The topological polar surface area (TPSA) is 58.1 Å². The van der Waals surface area contributed by atoms with Gasteiger partial charge < -0.3 is 10.2 Å². The van der Waals surface area contributed by atoms with Gasteiger partial charge in [0.2, 0.25) is 11.0 Å². The van der Waals surface area contributed by atoms with E-state index in [1.54, 1.807) is 0 Å². The molecule has 2 aromatic carbocycles. The van der Waals surface area contributed by atoms with E-state index in [9.17, 15) is 4.79 Å². The first-order chi connectivity index (χ1) is 13.1. The number of nitrogens with one attached hydrogen (secondary N) is 1. The maximum absolute atomic E-state index is 12.8. The molecule has 0 saturated carbocycles. The summed E-state index contributed by atoms with van der Waals surface area (Å²) in [4.78, 5) is 14.7. The van der Waals surface area contributed by atoms with Crippen LogP contribution in [0, 0.1) is 6.92 Å². The van der Waals surface area contributed by atoms with Crippen LogP contribution >= 0.6 is 23.1 Å². The van der Waals surface area contributed by atoms with E-state index in [2.05, 4.69) is 35.4 Å². The molecule has 0 radical (unpaired) electrons. The molecular formula is C20H20N4OS2. The minimum absolute atomic E-state index is 0.112. The number of hydrogen-bond donors (Lipinski definition) is 1. The lowest BCUT2D eigenvalue weighted by atomic mass is 10.1. The van der Waals surface area contributed by atoms with Gasteiger partial charge in [0, 0.05) is 17.4 Å². The molecule has 0 spiro atoms. The molecule has 0 saturated heterocycles. The molecule has 27 heavy (non-hydrogen) atoms. The van der Waals surface area contributed by atoms with Crippen molar-refractivity contribution in [2.75, 3.05) is 16.0 Å². The van der Waals surface area contributed by atoms with E-state index in [1.165, 1.54) is 34.2 Å². The summed E-state index contributed by atoms with van der Waals surface area (Å²) in [5.74, 6) is 0.471. The summed E-state index contributed by atoms with van der Waals surface area (Å²) in [5, 5.41) is 12.3. The van der Waals surface area contributed by atoms with E-state index >= 15 is 0 Å². The third-order valence-electron chi connectivity index (χ3n) is 4.50. The second-order valence-corrected chi connectivity index (χ2v) is 8.80. The summed E-state index contributed by atoms with van der Waals surface area (Å²) in [6.07, 6.45) is 0.913. The monoisotopic (exact) mass is 396 g/mol. The fraction of sp³-hybridized carbons (Fsp3) is 0.250. The molecule has 2 heterocycles. The third kappa shape index (κ3) is 3.99. The summed E-state index contributed by atoms with van der Waals surface area (Å²) in [6.45, 7) is 4.15. The average molecular weight is 397 g/mol. The lowest BCUT2D eigenvalue weighted by Gasteiger charge is -2.22. The van der Waals surface area contributed by atoms with Crippen molar-refractivity contribution in [2.45, 2.75) is 30.6 Å². The first kappa shape index (κ1) is 18.0. The third-order valence-corrected chi connectivity index (χ3v) is 6.46. The molecule has 0 bridgehead atoms. The van der Waals surface area contributed by atoms with Crippen LogP contribution in [-0.2, 0) is 11.2 Å². The van der Waals surface area contributed by atoms with Gasteiger partial charge in [-0.1, -0.05) is 59.0 Å². The molecule has 1 aliphatic heterocycles. The Labute approximate surface area is 166 Å². The van der Waals surface area contributed by atoms with Gasteiger partial charge >= 0.3 is 0 Å². The molecule has 4 rings (SSSR count). The summed E-state index contributed by atoms with van der Waals surface area (Å²) < 4.78 is 0.790. The van der Waals surface area contributed by atoms with Crippen LogP contribution in [0.3, 0.4) is 0 Å². The molecule has 0 aliphatic carbocycles. The van der Waals surface area contributed by atoms with Crippen molar-refractivity contribution in [2.24, 2.45) is 0 Å². The van der Waals surface area contributed by atoms with Crippen molar-refractivity contribution in [3.8, 4) is 0 Å². The number of benzene rings is 2. The van der Waals surface area contributed by atoms with Crippen molar-refractivity contribution in [3.63, 3.8) is 0 Å². The zero-order chi connectivity index (χ0) is 18.8. The molecule has 1 N–H and O–H groups in total. The lowest BCUT2D eigenvalue weighted by molar-refractivity contribution is -0.116. The van der Waals surface area contributed by atoms with Gasteiger partial charge in [0.1, 0.15) is 0 Å². The van der Waals surface area contributed by atoms with E-state index in [0.29, 0.717) is 5.75 Å². The number of hydrogen-bond acceptors (Lipinski definition) is 6. The Morgan fingerprint density at radius 2 is 2.00 bits per heavy atom. The maximum Gasteiger partial charge on any atom is 0.237 e. The Morgan fingerprint density at radius 3 is 2.81 bits per heavy atom. The Kier molecular flexibility index (Phi) is 5.13. The smallest absolute Gasteiger partial charge is 0.237 e. The highest BCUT2D eigenvalue weighted by Gasteiger charge is 2.30. The number of thioether (sulfide) groups is 1. The molecular weight excluding hydrogens is 376 g/mol. The number of fused-ring (bicyclic) bond motifs is 1. The fourth-order valence-electron chi connectivity index (χ4n) is 3.22. The zero-order valence-electron chi connectivity index (χ0n) is 15.2. The molecule has 1 aliphatic rings. The fourth-order valence-corrected chi connectivity index (χ4v) is 4.85. The van der Waals surface area contributed by atoms with Gasteiger partial charge in [0.25, 0.3) is 0 Å². The average Bonchev–Trinajstić information content (AvgIpc) is 3.24. The molecule has 138 valence electrons. The summed E-state index contributed by atoms with van der Waals surface area (Å²) in [6, 6.07) is 16.5. The lowest BCUT2D eigenvalue weighted by Crippen LogP contribution is -2.36. The van der Waals surface area contributed by atoms with Gasteiger partial charge in [-0.15, -0.1) is 10.2 Å². The number of rotatable bonds is 5. The highest BCUT2D eigenvalue weighted by atomic mass is 32.2. The molecule has 7 heteroatoms. The van der Waals surface area contributed by atoms with Gasteiger partial charge in [-0.25, -0.2) is 0 Å². The number of aryl methyl sites for hydroxylation is 1. The molecule has 1 atom stereocenters. The minimum Gasteiger partial charge on any atom is -0.330 e. The van der Waals surface area contributed by atoms with E-state index in [1.807, 2.05) is 47.4 Å². The van der Waals surface area contributed by atoms with E-state index in [4.69, 9.17) is 0 Å². The molecule has 1 amide bonds. The van der Waals surface area contributed by atoms with Crippen LogP contribution in [0.1, 0.15) is 18.1 Å². The molecule has 1 unspecified atom stereocenters. The highest BCUT2D eigenvalue weighted by molar-refractivity contribution is 8.01. The van der Waals surface area contributed by atoms with Crippen molar-refractivity contribution >= 4 is 45.5 Å². The summed E-state index contributed by atoms with van der Waals surface area (Å²) in [5.41, 5.74) is 4.47. The minimum atomic E-state index is 0.112. The summed E-state index contributed by atoms with van der Waals surface area (Å²) in [7, 11) is 0. The molecule has 1 aromatic heterocycles. The number of aromatic nitrogens is 2. The zero-order valence-corrected chi connectivity index (χ0v) is 16.8. The largest absolute Gasteiger partial charge is 0.330 e. The Balaban J connectivity index is 1.37. The van der Waals surface area contributed by atoms with Crippen LogP contribution in [0.5, 0.6) is 0 Å². The van der Waals surface area contributed by atoms with E-state index < -0.39 is 0 Å². The standard InChI is InChI=1S/C20H20N4OS2/c1-13-7-9-16(10-8-13)21-19-22-23-20(27-19)26-12-18(25)24-14(2)11-15-5-3-4-6-17(15)24/h3-10,14H,11-12H2,1-2H3,(H,21,22). The highest BCUT2D eigenvalue weighted by Crippen LogP contribution is 2.33. The second-order valence-electron chi connectivity index (χ2n) is 6.60. The maximum atomic E-state index is 12.8. The number of para-hydroxylation sites is 1. The number of amides is 1. The summed E-state index contributed by atoms with van der Waals surface area (Å²) >= 11 is 2.90. The number of carbonyl (C=O) groups excluding carboxylic acids is 1. The normalized spacial score (nSPS) is 15.6. The predicted molar refractivity (Wildman–Crippen MR) is 112 cm³/mol. The van der Waals surface area contributed by atoms with Crippen molar-refractivity contribution in [1.82, 2.24) is 10.2 Å². The Morgan fingerprint density at radius 1 is 1.22 bits per heavy atom. The van der Waals surface area contributed by atoms with Gasteiger partial charge in [-0.3, -0.25) is 4.79 Å². The number of carbonyl (C=O) groups is 1. The van der Waals surface area contributed by atoms with Gasteiger partial charge in [-0.2, -0.15) is 0 Å². The molecule has 0 fully saturated rings. The van der Waals surface area contributed by atoms with Gasteiger partial charge in [-0.05, 0) is 44.0 Å². The Bertz CT molecular complexity index is 955. The van der Waals surface area contributed by atoms with Crippen molar-refractivity contribution < 1.29 is 4.79 Å². The van der Waals surface area contributed by atoms with Gasteiger partial charge in [0.05, 0.1) is 5.75 Å². The van der Waals surface area contributed by atoms with Crippen LogP contribution in [-0.4, -0.2) is 27.9 Å². The molecule has 3 aromatic rings. The van der Waals surface area contributed by atoms with Crippen LogP contribution < -0.4 is 10.2 Å². The van der Waals surface area contributed by atoms with Gasteiger partial charge in [0.15, 0.2) is 4.34 Å². The SMILES string of the molecule is Cc1ccc(Nc2nnc(SCC(=O)N3c4ccccc4CC3C)s2)cc1. The molecule has 5 nitrogen and oxygen atoms in total. The predicted octanol–water partition coefficient (Wildman–Crippen LogP) is 4.66. The quantitative estimate of drug-likeness (QED) is 0.636. The van der Waals surface area contributed by atoms with Crippen LogP contribution in [0.4, 0.5) is 16.5 Å². The second kappa shape index (κ2) is 7.70. The van der Waals surface area contributed by atoms with E-state index in [0.717, 1.165) is 27.3 Å².